The first-order chi connectivity index (χ1) is 15.2. The Kier molecular flexibility index (Phi) is 8.17. The van der Waals surface area contributed by atoms with Gasteiger partial charge in [-0.1, -0.05) is 12.1 Å². The van der Waals surface area contributed by atoms with Gasteiger partial charge in [-0.3, -0.25) is 14.9 Å². The fourth-order valence-electron chi connectivity index (χ4n) is 2.66. The molecule has 0 aliphatic rings. The first-order valence-corrected chi connectivity index (χ1v) is 9.46. The SMILES string of the molecule is COc1cc(C(C)=O)ccc1COc1ccc(C(=O)O[C@H](C)C(=O)NC(N)=O)cc1OC. The lowest BCUT2D eigenvalue weighted by Gasteiger charge is -2.15. The lowest BCUT2D eigenvalue weighted by atomic mass is 10.1. The average Bonchev–Trinajstić information content (AvgIpc) is 2.76. The second-order valence-corrected chi connectivity index (χ2v) is 6.64. The molecule has 0 radical (unpaired) electrons. The summed E-state index contributed by atoms with van der Waals surface area (Å²) >= 11 is 0. The number of ketones is 1. The van der Waals surface area contributed by atoms with Crippen LogP contribution in [0, 0.1) is 0 Å². The molecule has 0 bridgehead atoms. The molecule has 0 aliphatic carbocycles. The van der Waals surface area contributed by atoms with Crippen molar-refractivity contribution < 1.29 is 38.1 Å². The van der Waals surface area contributed by atoms with Gasteiger partial charge in [0.1, 0.15) is 12.4 Å². The van der Waals surface area contributed by atoms with Crippen molar-refractivity contribution in [3.63, 3.8) is 0 Å². The molecular weight excluding hydrogens is 420 g/mol. The number of imide groups is 1. The molecular formula is C22H24N2O8. The maximum atomic E-state index is 12.3. The van der Waals surface area contributed by atoms with Gasteiger partial charge in [0.15, 0.2) is 23.4 Å². The zero-order chi connectivity index (χ0) is 23.8. The normalized spacial score (nSPS) is 11.1. The van der Waals surface area contributed by atoms with E-state index < -0.39 is 24.0 Å². The van der Waals surface area contributed by atoms with Crippen LogP contribution in [0.25, 0.3) is 0 Å². The molecule has 0 saturated heterocycles. The van der Waals surface area contributed by atoms with Crippen LogP contribution in [0.5, 0.6) is 17.2 Å². The number of hydrogen-bond donors (Lipinski definition) is 2. The summed E-state index contributed by atoms with van der Waals surface area (Å²) in [5.74, 6) is -0.623. The summed E-state index contributed by atoms with van der Waals surface area (Å²) in [4.78, 5) is 46.3. The Labute approximate surface area is 184 Å². The summed E-state index contributed by atoms with van der Waals surface area (Å²) in [6.07, 6.45) is -1.23. The van der Waals surface area contributed by atoms with E-state index in [0.717, 1.165) is 0 Å². The molecule has 0 unspecified atom stereocenters. The standard InChI is InChI=1S/C22H24N2O8/c1-12(25)14-5-6-16(18(9-14)29-3)11-31-17-8-7-15(10-19(17)30-4)21(27)32-13(2)20(26)24-22(23)28/h5-10,13H,11H2,1-4H3,(H3,23,24,26,28)/t13-/m1/s1. The lowest BCUT2D eigenvalue weighted by molar-refractivity contribution is -0.127. The van der Waals surface area contributed by atoms with Crippen molar-refractivity contribution in [3.05, 3.63) is 53.1 Å². The summed E-state index contributed by atoms with van der Waals surface area (Å²) in [5.41, 5.74) is 6.20. The Morgan fingerprint density at radius 2 is 1.56 bits per heavy atom. The number of esters is 1. The van der Waals surface area contributed by atoms with E-state index in [2.05, 4.69) is 0 Å². The first-order valence-electron chi connectivity index (χ1n) is 9.46. The van der Waals surface area contributed by atoms with Gasteiger partial charge in [0.05, 0.1) is 19.8 Å². The minimum atomic E-state index is -1.23. The predicted molar refractivity (Wildman–Crippen MR) is 113 cm³/mol. The number of hydrogen-bond acceptors (Lipinski definition) is 8. The van der Waals surface area contributed by atoms with Gasteiger partial charge in [-0.2, -0.15) is 0 Å². The van der Waals surface area contributed by atoms with Crippen LogP contribution in [-0.2, 0) is 16.1 Å². The second-order valence-electron chi connectivity index (χ2n) is 6.64. The molecule has 0 fully saturated rings. The molecule has 10 heteroatoms. The van der Waals surface area contributed by atoms with E-state index in [0.29, 0.717) is 22.6 Å². The Hall–Kier alpha value is -4.08. The number of carbonyl (C=O) groups excluding carboxylic acids is 4. The number of nitrogens with two attached hydrogens (primary N) is 1. The molecule has 2 aromatic carbocycles. The van der Waals surface area contributed by atoms with E-state index in [-0.39, 0.29) is 23.7 Å². The maximum Gasteiger partial charge on any atom is 0.339 e. The molecule has 10 nitrogen and oxygen atoms in total. The van der Waals surface area contributed by atoms with Crippen LogP contribution in [-0.4, -0.2) is 44.0 Å². The molecule has 0 saturated carbocycles. The Morgan fingerprint density at radius 1 is 0.938 bits per heavy atom. The number of urea groups is 1. The third-order valence-electron chi connectivity index (χ3n) is 4.38. The monoisotopic (exact) mass is 444 g/mol. The number of primary amides is 1. The Morgan fingerprint density at radius 3 is 2.16 bits per heavy atom. The number of carbonyl (C=O) groups is 4. The summed E-state index contributed by atoms with van der Waals surface area (Å²) in [7, 11) is 2.90. The number of rotatable bonds is 9. The molecule has 2 rings (SSSR count). The highest BCUT2D eigenvalue weighted by molar-refractivity contribution is 5.98. The van der Waals surface area contributed by atoms with Crippen LogP contribution < -0.4 is 25.3 Å². The molecule has 0 aromatic heterocycles. The van der Waals surface area contributed by atoms with Gasteiger partial charge in [0.2, 0.25) is 0 Å². The van der Waals surface area contributed by atoms with Gasteiger partial charge in [0, 0.05) is 11.1 Å². The Bertz CT molecular complexity index is 1030. The molecule has 32 heavy (non-hydrogen) atoms. The number of Topliss-reactive ketones (excluding diaryl/α,β-unsaturated/α-hetero) is 1. The second kappa shape index (κ2) is 10.8. The minimum Gasteiger partial charge on any atom is -0.496 e. The van der Waals surface area contributed by atoms with Crippen molar-refractivity contribution in [2.45, 2.75) is 26.6 Å². The zero-order valence-electron chi connectivity index (χ0n) is 18.1. The van der Waals surface area contributed by atoms with Crippen molar-refractivity contribution in [2.75, 3.05) is 14.2 Å². The van der Waals surface area contributed by atoms with Gasteiger partial charge < -0.3 is 24.7 Å². The van der Waals surface area contributed by atoms with E-state index in [1.165, 1.54) is 46.3 Å². The van der Waals surface area contributed by atoms with Gasteiger partial charge in [-0.15, -0.1) is 0 Å². The number of nitrogens with one attached hydrogen (secondary N) is 1. The molecule has 3 amide bonds. The Balaban J connectivity index is 2.12. The topological polar surface area (TPSA) is 143 Å². The smallest absolute Gasteiger partial charge is 0.339 e. The van der Waals surface area contributed by atoms with Crippen molar-refractivity contribution in [1.29, 1.82) is 0 Å². The minimum absolute atomic E-state index is 0.0821. The van der Waals surface area contributed by atoms with E-state index in [1.807, 2.05) is 5.32 Å². The summed E-state index contributed by atoms with van der Waals surface area (Å²) in [6.45, 7) is 2.88. The molecule has 2 aromatic rings. The van der Waals surface area contributed by atoms with Crippen molar-refractivity contribution in [3.8, 4) is 17.2 Å². The van der Waals surface area contributed by atoms with Crippen LogP contribution in [0.4, 0.5) is 4.79 Å². The molecule has 0 aliphatic heterocycles. The lowest BCUT2D eigenvalue weighted by Crippen LogP contribution is -2.42. The fourth-order valence-corrected chi connectivity index (χ4v) is 2.66. The largest absolute Gasteiger partial charge is 0.496 e. The number of methoxy groups -OCH3 is 2. The quantitative estimate of drug-likeness (QED) is 0.443. The van der Waals surface area contributed by atoms with Crippen LogP contribution in [0.2, 0.25) is 0 Å². The fraction of sp³-hybridized carbons (Fsp3) is 0.273. The summed E-state index contributed by atoms with van der Waals surface area (Å²) in [6, 6.07) is 8.34. The maximum absolute atomic E-state index is 12.3. The molecule has 170 valence electrons. The van der Waals surface area contributed by atoms with E-state index >= 15 is 0 Å². The van der Waals surface area contributed by atoms with Crippen molar-refractivity contribution in [2.24, 2.45) is 5.73 Å². The highest BCUT2D eigenvalue weighted by Crippen LogP contribution is 2.30. The highest BCUT2D eigenvalue weighted by Gasteiger charge is 2.21. The van der Waals surface area contributed by atoms with Crippen LogP contribution in [0.1, 0.15) is 40.1 Å². The van der Waals surface area contributed by atoms with Gasteiger partial charge >= 0.3 is 12.0 Å². The van der Waals surface area contributed by atoms with Crippen LogP contribution >= 0.6 is 0 Å². The number of amides is 3. The van der Waals surface area contributed by atoms with Gasteiger partial charge in [0.25, 0.3) is 5.91 Å². The molecule has 0 spiro atoms. The zero-order valence-corrected chi connectivity index (χ0v) is 18.1. The third-order valence-corrected chi connectivity index (χ3v) is 4.38. The van der Waals surface area contributed by atoms with E-state index in [4.69, 9.17) is 24.7 Å². The predicted octanol–water partition coefficient (Wildman–Crippen LogP) is 2.23. The van der Waals surface area contributed by atoms with Crippen molar-refractivity contribution >= 4 is 23.7 Å². The van der Waals surface area contributed by atoms with Crippen molar-refractivity contribution in [1.82, 2.24) is 5.32 Å². The highest BCUT2D eigenvalue weighted by atomic mass is 16.5. The third kappa shape index (κ3) is 6.21. The number of benzene rings is 2. The molecule has 3 N–H and O–H groups in total. The van der Waals surface area contributed by atoms with E-state index in [1.54, 1.807) is 18.2 Å². The average molecular weight is 444 g/mol. The number of ether oxygens (including phenoxy) is 4. The van der Waals surface area contributed by atoms with E-state index in [9.17, 15) is 19.2 Å². The summed E-state index contributed by atoms with van der Waals surface area (Å²) in [5, 5.41) is 1.83. The molecule has 1 atom stereocenters. The van der Waals surface area contributed by atoms with Gasteiger partial charge in [-0.25, -0.2) is 9.59 Å². The van der Waals surface area contributed by atoms with Crippen LogP contribution in [0.15, 0.2) is 36.4 Å². The van der Waals surface area contributed by atoms with Crippen LogP contribution in [0.3, 0.4) is 0 Å². The summed E-state index contributed by atoms with van der Waals surface area (Å²) < 4.78 is 21.4. The molecule has 0 heterocycles. The van der Waals surface area contributed by atoms with Gasteiger partial charge in [-0.05, 0) is 38.1 Å². The first kappa shape index (κ1) is 24.2.